The van der Waals surface area contributed by atoms with Crippen LogP contribution in [0.4, 0.5) is 27.6 Å². The summed E-state index contributed by atoms with van der Waals surface area (Å²) in [4.78, 5) is 35.6. The first kappa shape index (κ1) is 35.1. The fraction of sp³-hybridized carbons (Fsp3) is 0.250. The Kier molecular flexibility index (Phi) is 10.1. The molecule has 0 saturated carbocycles. The van der Waals surface area contributed by atoms with Gasteiger partial charge in [0.1, 0.15) is 17.2 Å². The lowest BCUT2D eigenvalue weighted by molar-refractivity contribution is -0.0498. The Morgan fingerprint density at radius 2 is 1.61 bits per heavy atom. The smallest absolute Gasteiger partial charge is 0.387 e. The van der Waals surface area contributed by atoms with Crippen molar-refractivity contribution in [3.63, 3.8) is 0 Å². The molecule has 0 atom stereocenters. The first-order valence-corrected chi connectivity index (χ1v) is 15.7. The zero-order valence-corrected chi connectivity index (χ0v) is 27.7. The lowest BCUT2D eigenvalue weighted by Crippen LogP contribution is -2.48. The first-order valence-electron chi connectivity index (χ1n) is 15.7. The number of hydrogen-bond donors (Lipinski definition) is 0. The number of fused-ring (bicyclic) bond motifs is 1. The third kappa shape index (κ3) is 7.43. The Morgan fingerprint density at radius 1 is 0.902 bits per heavy atom. The Hall–Kier alpha value is -5.70. The van der Waals surface area contributed by atoms with Crippen molar-refractivity contribution in [3.05, 3.63) is 107 Å². The fourth-order valence-electron chi connectivity index (χ4n) is 5.86. The van der Waals surface area contributed by atoms with Crippen molar-refractivity contribution in [2.24, 2.45) is 7.05 Å². The van der Waals surface area contributed by atoms with Crippen LogP contribution < -0.4 is 19.1 Å². The molecule has 266 valence electrons. The van der Waals surface area contributed by atoms with Crippen LogP contribution in [0.1, 0.15) is 26.4 Å². The van der Waals surface area contributed by atoms with E-state index in [9.17, 15) is 31.5 Å². The fourth-order valence-corrected chi connectivity index (χ4v) is 5.86. The highest BCUT2D eigenvalue weighted by molar-refractivity contribution is 6.06. The number of nitrogens with zero attached hydrogens (tertiary/aromatic N) is 5. The number of rotatable bonds is 10. The average molecular weight is 710 g/mol. The van der Waals surface area contributed by atoms with E-state index in [2.05, 4.69) is 19.4 Å². The molecule has 0 unspecified atom stereocenters. The zero-order chi connectivity index (χ0) is 36.4. The second-order valence-corrected chi connectivity index (χ2v) is 11.8. The predicted octanol–water partition coefficient (Wildman–Crippen LogP) is 6.63. The van der Waals surface area contributed by atoms with Gasteiger partial charge in [-0.05, 0) is 48.0 Å². The molecule has 2 amide bonds. The van der Waals surface area contributed by atoms with Crippen molar-refractivity contribution < 1.29 is 45.8 Å². The van der Waals surface area contributed by atoms with E-state index in [1.54, 1.807) is 40.8 Å². The number of methoxy groups -OCH3 is 1. The highest BCUT2D eigenvalue weighted by Crippen LogP contribution is 2.30. The van der Waals surface area contributed by atoms with E-state index in [4.69, 9.17) is 4.74 Å². The van der Waals surface area contributed by atoms with E-state index in [0.717, 1.165) is 28.5 Å². The van der Waals surface area contributed by atoms with Crippen molar-refractivity contribution in [2.45, 2.75) is 13.2 Å². The number of aryl methyl sites for hydroxylation is 1. The molecule has 10 nitrogen and oxygen atoms in total. The highest BCUT2D eigenvalue weighted by Gasteiger charge is 2.27. The van der Waals surface area contributed by atoms with Gasteiger partial charge in [0.05, 0.1) is 30.1 Å². The van der Waals surface area contributed by atoms with E-state index in [1.165, 1.54) is 37.5 Å². The second kappa shape index (κ2) is 14.6. The van der Waals surface area contributed by atoms with Gasteiger partial charge in [0.2, 0.25) is 11.7 Å². The third-order valence-corrected chi connectivity index (χ3v) is 8.64. The minimum Gasteiger partial charge on any atom is -0.491 e. The predicted molar refractivity (Wildman–Crippen MR) is 177 cm³/mol. The number of carbonyl (C=O) groups excluding carboxylic acids is 2. The van der Waals surface area contributed by atoms with Crippen molar-refractivity contribution >= 4 is 28.4 Å². The molecule has 0 N–H and O–H groups in total. The highest BCUT2D eigenvalue weighted by atomic mass is 19.3. The van der Waals surface area contributed by atoms with E-state index < -0.39 is 41.3 Å². The Balaban J connectivity index is 1.08. The number of alkyl halides is 2. The molecule has 1 saturated heterocycles. The van der Waals surface area contributed by atoms with Gasteiger partial charge in [-0.1, -0.05) is 12.1 Å². The first-order chi connectivity index (χ1) is 24.4. The summed E-state index contributed by atoms with van der Waals surface area (Å²) in [6, 6.07) is 17.2. The number of anilines is 1. The molecule has 6 rings (SSSR count). The maximum atomic E-state index is 14.5. The third-order valence-electron chi connectivity index (χ3n) is 8.64. The van der Waals surface area contributed by atoms with Crippen molar-refractivity contribution in [3.8, 4) is 23.1 Å². The number of amides is 2. The molecule has 0 bridgehead atoms. The molecule has 1 aliphatic rings. The number of benzene rings is 3. The Labute approximate surface area is 289 Å². The number of ether oxygens (including phenoxy) is 3. The molecule has 0 radical (unpaired) electrons. The number of piperazine rings is 1. The van der Waals surface area contributed by atoms with Crippen LogP contribution in [0.2, 0.25) is 0 Å². The number of halogens is 5. The molecule has 3 aromatic carbocycles. The molecule has 51 heavy (non-hydrogen) atoms. The maximum absolute atomic E-state index is 14.5. The normalized spacial score (nSPS) is 13.5. The standard InChI is InChI=1S/C36H32F5N5O5/c1-43(34(47)26-18-27(37)33(49-3)32(39)31(26)38)23-7-11-30(42-19-23)50-25-10-6-22-16-29(44(2)28(22)17-25)35(48)46-14-12-45(13-15-46)20-21-4-8-24(9-5-21)51-36(40)41/h4-11,16-19,36H,12-15,20H2,1-3H3. The lowest BCUT2D eigenvalue weighted by atomic mass is 10.1. The largest absolute Gasteiger partial charge is 0.491 e. The van der Waals surface area contributed by atoms with Gasteiger partial charge in [-0.15, -0.1) is 0 Å². The molecular weight excluding hydrogens is 677 g/mol. The van der Waals surface area contributed by atoms with Gasteiger partial charge in [-0.2, -0.15) is 13.2 Å². The summed E-state index contributed by atoms with van der Waals surface area (Å²) in [6.45, 7) is 0.0795. The van der Waals surface area contributed by atoms with E-state index >= 15 is 0 Å². The Bertz CT molecular complexity index is 2070. The van der Waals surface area contributed by atoms with Crippen LogP contribution in [-0.4, -0.2) is 78.1 Å². The van der Waals surface area contributed by atoms with Crippen LogP contribution >= 0.6 is 0 Å². The minimum absolute atomic E-state index is 0.105. The SMILES string of the molecule is COc1c(F)cc(C(=O)N(C)c2ccc(Oc3ccc4cc(C(=O)N5CCN(Cc6ccc(OC(F)F)cc6)CC5)n(C)c4c3)nc2)c(F)c1F. The van der Waals surface area contributed by atoms with Crippen LogP contribution in [-0.2, 0) is 13.6 Å². The van der Waals surface area contributed by atoms with Crippen molar-refractivity contribution in [1.82, 2.24) is 19.4 Å². The van der Waals surface area contributed by atoms with E-state index in [-0.39, 0.29) is 23.2 Å². The summed E-state index contributed by atoms with van der Waals surface area (Å²) in [5, 5.41) is 0.827. The van der Waals surface area contributed by atoms with Gasteiger partial charge < -0.3 is 28.6 Å². The average Bonchev–Trinajstić information content (AvgIpc) is 3.45. The Morgan fingerprint density at radius 3 is 2.25 bits per heavy atom. The lowest BCUT2D eigenvalue weighted by Gasteiger charge is -2.34. The molecule has 5 aromatic rings. The van der Waals surface area contributed by atoms with Gasteiger partial charge in [0.15, 0.2) is 17.4 Å². The summed E-state index contributed by atoms with van der Waals surface area (Å²) in [5.41, 5.74) is 1.61. The van der Waals surface area contributed by atoms with Crippen LogP contribution in [0.15, 0.2) is 72.9 Å². The summed E-state index contributed by atoms with van der Waals surface area (Å²) < 4.78 is 84.3. The van der Waals surface area contributed by atoms with Gasteiger partial charge in [-0.3, -0.25) is 14.5 Å². The molecular formula is C36H32F5N5O5. The molecule has 15 heteroatoms. The van der Waals surface area contributed by atoms with Gasteiger partial charge in [0, 0.05) is 64.3 Å². The molecule has 3 heterocycles. The summed E-state index contributed by atoms with van der Waals surface area (Å²) in [7, 11) is 4.08. The topological polar surface area (TPSA) is 89.4 Å². The quantitative estimate of drug-likeness (QED) is 0.119. The van der Waals surface area contributed by atoms with E-state index in [0.29, 0.717) is 50.2 Å². The number of pyridine rings is 1. The number of aromatic nitrogens is 2. The van der Waals surface area contributed by atoms with Crippen molar-refractivity contribution in [2.75, 3.05) is 45.2 Å². The summed E-state index contributed by atoms with van der Waals surface area (Å²) >= 11 is 0. The van der Waals surface area contributed by atoms with Gasteiger partial charge >= 0.3 is 6.61 Å². The zero-order valence-electron chi connectivity index (χ0n) is 27.7. The molecule has 0 spiro atoms. The second-order valence-electron chi connectivity index (χ2n) is 11.8. The summed E-state index contributed by atoms with van der Waals surface area (Å²) in [5.74, 6) is -5.69. The van der Waals surface area contributed by atoms with E-state index in [1.807, 2.05) is 12.1 Å². The molecule has 2 aromatic heterocycles. The van der Waals surface area contributed by atoms with Crippen LogP contribution in [0.5, 0.6) is 23.1 Å². The number of carbonyl (C=O) groups is 2. The van der Waals surface area contributed by atoms with Crippen molar-refractivity contribution in [1.29, 1.82) is 0 Å². The van der Waals surface area contributed by atoms with Crippen LogP contribution in [0.3, 0.4) is 0 Å². The molecule has 0 aliphatic carbocycles. The minimum atomic E-state index is -2.87. The number of hydrogen-bond acceptors (Lipinski definition) is 7. The van der Waals surface area contributed by atoms with Gasteiger partial charge in [-0.25, -0.2) is 13.8 Å². The summed E-state index contributed by atoms with van der Waals surface area (Å²) in [6.07, 6.45) is 1.29. The monoisotopic (exact) mass is 709 g/mol. The van der Waals surface area contributed by atoms with Crippen LogP contribution in [0, 0.1) is 17.5 Å². The molecule has 1 aliphatic heterocycles. The molecule has 1 fully saturated rings. The maximum Gasteiger partial charge on any atom is 0.387 e. The van der Waals surface area contributed by atoms with Gasteiger partial charge in [0.25, 0.3) is 11.8 Å². The van der Waals surface area contributed by atoms with Crippen LogP contribution in [0.25, 0.3) is 10.9 Å².